The summed E-state index contributed by atoms with van der Waals surface area (Å²) < 4.78 is 65.3. The Balaban J connectivity index is 3.25. The van der Waals surface area contributed by atoms with Crippen molar-refractivity contribution in [1.82, 2.24) is 5.32 Å². The molecule has 1 N–H and O–H groups in total. The average molecular weight is 281 g/mol. The Morgan fingerprint density at radius 1 is 0.842 bits per heavy atom. The van der Waals surface area contributed by atoms with E-state index in [-0.39, 0.29) is 5.92 Å². The van der Waals surface area contributed by atoms with Crippen molar-refractivity contribution >= 4 is 5.91 Å². The third-order valence-electron chi connectivity index (χ3n) is 2.80. The van der Waals surface area contributed by atoms with Gasteiger partial charge in [-0.25, -0.2) is 22.0 Å². The van der Waals surface area contributed by atoms with E-state index >= 15 is 0 Å². The van der Waals surface area contributed by atoms with Crippen molar-refractivity contribution in [3.8, 4) is 0 Å². The van der Waals surface area contributed by atoms with Crippen molar-refractivity contribution in [3.05, 3.63) is 34.6 Å². The van der Waals surface area contributed by atoms with Crippen LogP contribution < -0.4 is 5.32 Å². The predicted molar refractivity (Wildman–Crippen MR) is 58.0 cm³/mol. The minimum absolute atomic E-state index is 0.0646. The van der Waals surface area contributed by atoms with Crippen molar-refractivity contribution in [3.63, 3.8) is 0 Å². The SMILES string of the molecule is CC(C)[C@H](C)NC(=O)c1c(F)c(F)c(F)c(F)c1F. The molecule has 2 nitrogen and oxygen atoms in total. The van der Waals surface area contributed by atoms with Crippen LogP contribution in [0.4, 0.5) is 22.0 Å². The smallest absolute Gasteiger partial charge is 0.257 e. The summed E-state index contributed by atoms with van der Waals surface area (Å²) in [6, 6.07) is -0.484. The number of rotatable bonds is 3. The van der Waals surface area contributed by atoms with Gasteiger partial charge in [-0.1, -0.05) is 13.8 Å². The number of amides is 1. The molecule has 1 aromatic carbocycles. The van der Waals surface area contributed by atoms with E-state index in [1.165, 1.54) is 0 Å². The van der Waals surface area contributed by atoms with E-state index in [4.69, 9.17) is 0 Å². The Hall–Kier alpha value is -1.66. The lowest BCUT2D eigenvalue weighted by molar-refractivity contribution is 0.0918. The Bertz CT molecular complexity index is 486. The highest BCUT2D eigenvalue weighted by atomic mass is 19.2. The van der Waals surface area contributed by atoms with E-state index in [0.717, 1.165) is 0 Å². The van der Waals surface area contributed by atoms with Crippen LogP contribution in [-0.2, 0) is 0 Å². The van der Waals surface area contributed by atoms with Crippen molar-refractivity contribution < 1.29 is 26.7 Å². The van der Waals surface area contributed by atoms with Gasteiger partial charge in [0, 0.05) is 6.04 Å². The summed E-state index contributed by atoms with van der Waals surface area (Å²) >= 11 is 0. The molecule has 0 spiro atoms. The van der Waals surface area contributed by atoms with Crippen molar-refractivity contribution in [1.29, 1.82) is 0 Å². The largest absolute Gasteiger partial charge is 0.349 e. The number of nitrogens with one attached hydrogen (secondary N) is 1. The van der Waals surface area contributed by atoms with Gasteiger partial charge < -0.3 is 5.32 Å². The maximum Gasteiger partial charge on any atom is 0.257 e. The highest BCUT2D eigenvalue weighted by Crippen LogP contribution is 2.23. The summed E-state index contributed by atoms with van der Waals surface area (Å²) in [7, 11) is 0. The van der Waals surface area contributed by atoms with Gasteiger partial charge in [-0.2, -0.15) is 0 Å². The Morgan fingerprint density at radius 3 is 1.58 bits per heavy atom. The quantitative estimate of drug-likeness (QED) is 0.514. The van der Waals surface area contributed by atoms with Crippen LogP contribution in [0.1, 0.15) is 31.1 Å². The van der Waals surface area contributed by atoms with Gasteiger partial charge in [0.15, 0.2) is 23.3 Å². The topological polar surface area (TPSA) is 29.1 Å². The molecule has 0 aromatic heterocycles. The summed E-state index contributed by atoms with van der Waals surface area (Å²) in [4.78, 5) is 11.6. The van der Waals surface area contributed by atoms with Crippen LogP contribution >= 0.6 is 0 Å². The second-order valence-corrected chi connectivity index (χ2v) is 4.45. The predicted octanol–water partition coefficient (Wildman–Crippen LogP) is 3.16. The number of halogens is 5. The molecule has 0 unspecified atom stereocenters. The second-order valence-electron chi connectivity index (χ2n) is 4.45. The molecule has 1 amide bonds. The fraction of sp³-hybridized carbons (Fsp3) is 0.417. The first-order valence-corrected chi connectivity index (χ1v) is 5.50. The summed E-state index contributed by atoms with van der Waals surface area (Å²) in [5.74, 6) is -12.2. The number of carbonyl (C=O) groups is 1. The van der Waals surface area contributed by atoms with Crippen molar-refractivity contribution in [2.45, 2.75) is 26.8 Å². The minimum atomic E-state index is -2.29. The summed E-state index contributed by atoms with van der Waals surface area (Å²) in [6.07, 6.45) is 0. The number of carbonyl (C=O) groups excluding carboxylic acids is 1. The van der Waals surface area contributed by atoms with E-state index < -0.39 is 46.6 Å². The Morgan fingerprint density at radius 2 is 1.21 bits per heavy atom. The molecule has 0 heterocycles. The molecule has 0 bridgehead atoms. The van der Waals surface area contributed by atoms with Gasteiger partial charge in [0.2, 0.25) is 5.82 Å². The molecule has 7 heteroatoms. The normalized spacial score (nSPS) is 12.7. The molecule has 19 heavy (non-hydrogen) atoms. The van der Waals surface area contributed by atoms with E-state index in [1.54, 1.807) is 20.8 Å². The van der Waals surface area contributed by atoms with Crippen molar-refractivity contribution in [2.24, 2.45) is 5.92 Å². The summed E-state index contributed by atoms with van der Waals surface area (Å²) in [5, 5.41) is 2.18. The number of hydrogen-bond donors (Lipinski definition) is 1. The van der Waals surface area contributed by atoms with Gasteiger partial charge in [0.05, 0.1) is 0 Å². The second kappa shape index (κ2) is 5.54. The first-order chi connectivity index (χ1) is 8.68. The lowest BCUT2D eigenvalue weighted by Gasteiger charge is -2.18. The zero-order chi connectivity index (χ0) is 14.9. The van der Waals surface area contributed by atoms with Gasteiger partial charge in [-0.05, 0) is 12.8 Å². The van der Waals surface area contributed by atoms with Crippen LogP contribution in [0.2, 0.25) is 0 Å². The summed E-state index contributed by atoms with van der Waals surface area (Å²) in [5.41, 5.74) is -1.47. The molecule has 1 rings (SSSR count). The molecule has 0 aliphatic rings. The lowest BCUT2D eigenvalue weighted by Crippen LogP contribution is -2.37. The zero-order valence-electron chi connectivity index (χ0n) is 10.5. The van der Waals surface area contributed by atoms with Crippen LogP contribution in [0.5, 0.6) is 0 Å². The van der Waals surface area contributed by atoms with Crippen molar-refractivity contribution in [2.75, 3.05) is 0 Å². The molecule has 0 radical (unpaired) electrons. The molecule has 1 aromatic rings. The Kier molecular flexibility index (Phi) is 4.49. The van der Waals surface area contributed by atoms with E-state index in [2.05, 4.69) is 5.32 Å². The average Bonchev–Trinajstić information content (AvgIpc) is 2.34. The summed E-state index contributed by atoms with van der Waals surface area (Å²) in [6.45, 7) is 5.00. The molecule has 0 aliphatic carbocycles. The third-order valence-corrected chi connectivity index (χ3v) is 2.80. The molecular weight excluding hydrogens is 269 g/mol. The molecule has 0 saturated carbocycles. The molecule has 0 saturated heterocycles. The Labute approximate surface area is 106 Å². The van der Waals surface area contributed by atoms with E-state index in [1.807, 2.05) is 0 Å². The minimum Gasteiger partial charge on any atom is -0.349 e. The molecule has 0 aliphatic heterocycles. The molecule has 0 fully saturated rings. The standard InChI is InChI=1S/C12H12F5NO/c1-4(2)5(3)18-12(19)6-7(13)9(15)11(17)10(16)8(6)14/h4-5H,1-3H3,(H,18,19)/t5-/m0/s1. The van der Waals surface area contributed by atoms with Gasteiger partial charge in [0.1, 0.15) is 5.56 Å². The molecule has 1 atom stereocenters. The van der Waals surface area contributed by atoms with Gasteiger partial charge >= 0.3 is 0 Å². The first-order valence-electron chi connectivity index (χ1n) is 5.50. The zero-order valence-corrected chi connectivity index (χ0v) is 10.5. The number of hydrogen-bond acceptors (Lipinski definition) is 1. The van der Waals surface area contributed by atoms with Crippen LogP contribution in [0.25, 0.3) is 0 Å². The maximum atomic E-state index is 13.3. The maximum absolute atomic E-state index is 13.3. The lowest BCUT2D eigenvalue weighted by atomic mass is 10.1. The fourth-order valence-corrected chi connectivity index (χ4v) is 1.25. The van der Waals surface area contributed by atoms with Crippen LogP contribution in [0, 0.1) is 35.0 Å². The van der Waals surface area contributed by atoms with Crippen LogP contribution in [0.15, 0.2) is 0 Å². The van der Waals surface area contributed by atoms with Gasteiger partial charge in [-0.3, -0.25) is 4.79 Å². The van der Waals surface area contributed by atoms with Gasteiger partial charge in [-0.15, -0.1) is 0 Å². The van der Waals surface area contributed by atoms with E-state index in [0.29, 0.717) is 0 Å². The van der Waals surface area contributed by atoms with E-state index in [9.17, 15) is 26.7 Å². The van der Waals surface area contributed by atoms with Crippen LogP contribution in [-0.4, -0.2) is 11.9 Å². The van der Waals surface area contributed by atoms with Gasteiger partial charge in [0.25, 0.3) is 5.91 Å². The molecular formula is C12H12F5NO. The first kappa shape index (κ1) is 15.4. The van der Waals surface area contributed by atoms with Crippen LogP contribution in [0.3, 0.4) is 0 Å². The highest BCUT2D eigenvalue weighted by molar-refractivity contribution is 5.95. The number of benzene rings is 1. The third kappa shape index (κ3) is 2.85. The fourth-order valence-electron chi connectivity index (χ4n) is 1.25. The monoisotopic (exact) mass is 281 g/mol. The highest BCUT2D eigenvalue weighted by Gasteiger charge is 2.30. The molecule has 106 valence electrons.